The Bertz CT molecular complexity index is 1070. The number of carbonyl (C=O) groups is 1. The van der Waals surface area contributed by atoms with Crippen LogP contribution in [0.5, 0.6) is 0 Å². The van der Waals surface area contributed by atoms with Crippen LogP contribution in [0.4, 0.5) is 24.5 Å². The number of halogens is 3. The van der Waals surface area contributed by atoms with Gasteiger partial charge in [0.25, 0.3) is 5.69 Å². The van der Waals surface area contributed by atoms with E-state index in [2.05, 4.69) is 10.4 Å². The van der Waals surface area contributed by atoms with Gasteiger partial charge in [-0.15, -0.1) is 0 Å². The highest BCUT2D eigenvalue weighted by Gasteiger charge is 2.35. The number of hydrogen-bond acceptors (Lipinski definition) is 4. The predicted octanol–water partition coefficient (Wildman–Crippen LogP) is 4.45. The topological polar surface area (TPSA) is 90.1 Å². The molecule has 0 aliphatic rings. The van der Waals surface area contributed by atoms with Crippen LogP contribution in [-0.4, -0.2) is 20.6 Å². The van der Waals surface area contributed by atoms with E-state index in [9.17, 15) is 28.1 Å². The number of anilines is 1. The van der Waals surface area contributed by atoms with E-state index in [4.69, 9.17) is 0 Å². The van der Waals surface area contributed by atoms with Crippen molar-refractivity contribution >= 4 is 23.4 Å². The zero-order valence-corrected chi connectivity index (χ0v) is 14.6. The lowest BCUT2D eigenvalue weighted by Crippen LogP contribution is -2.13. The third-order valence-corrected chi connectivity index (χ3v) is 3.86. The summed E-state index contributed by atoms with van der Waals surface area (Å²) in [5, 5.41) is 17.2. The van der Waals surface area contributed by atoms with Crippen molar-refractivity contribution in [2.75, 3.05) is 5.32 Å². The smallest absolute Gasteiger partial charge is 0.323 e. The standard InChI is InChI=1S/C19H13F3N4O3/c20-19(21,22)17-11-12-23-25(17)15-8-6-14(7-9-15)24-18(27)10-5-13-3-1-2-4-16(13)26(28)29/h1-12H,(H,24,27)/b10-5+. The number of hydrogen-bond donors (Lipinski definition) is 1. The quantitative estimate of drug-likeness (QED) is 0.388. The molecule has 7 nitrogen and oxygen atoms in total. The van der Waals surface area contributed by atoms with Crippen molar-refractivity contribution in [1.82, 2.24) is 9.78 Å². The first kappa shape index (κ1) is 19.8. The van der Waals surface area contributed by atoms with Gasteiger partial charge in [-0.2, -0.15) is 18.3 Å². The summed E-state index contributed by atoms with van der Waals surface area (Å²) in [6, 6.07) is 12.4. The van der Waals surface area contributed by atoms with E-state index >= 15 is 0 Å². The van der Waals surface area contributed by atoms with Crippen molar-refractivity contribution in [3.8, 4) is 5.69 Å². The number of nitrogens with zero attached hydrogens (tertiary/aromatic N) is 3. The molecule has 2 aromatic carbocycles. The summed E-state index contributed by atoms with van der Waals surface area (Å²) < 4.78 is 39.6. The van der Waals surface area contributed by atoms with Crippen LogP contribution in [0, 0.1) is 10.1 Å². The molecule has 148 valence electrons. The van der Waals surface area contributed by atoms with Crippen LogP contribution >= 0.6 is 0 Å². The Hall–Kier alpha value is -3.95. The van der Waals surface area contributed by atoms with Crippen molar-refractivity contribution in [3.05, 3.63) is 88.2 Å². The number of benzene rings is 2. The number of rotatable bonds is 5. The minimum Gasteiger partial charge on any atom is -0.323 e. The molecule has 0 atom stereocenters. The average molecular weight is 402 g/mol. The van der Waals surface area contributed by atoms with Crippen LogP contribution in [0.2, 0.25) is 0 Å². The molecule has 0 aliphatic carbocycles. The van der Waals surface area contributed by atoms with Crippen LogP contribution < -0.4 is 5.32 Å². The number of amides is 1. The molecule has 0 fully saturated rings. The molecule has 0 radical (unpaired) electrons. The molecule has 0 saturated carbocycles. The summed E-state index contributed by atoms with van der Waals surface area (Å²) in [6.45, 7) is 0. The van der Waals surface area contributed by atoms with Crippen molar-refractivity contribution < 1.29 is 22.9 Å². The molecular weight excluding hydrogens is 389 g/mol. The third kappa shape index (κ3) is 4.67. The highest BCUT2D eigenvalue weighted by atomic mass is 19.4. The second-order valence-electron chi connectivity index (χ2n) is 5.81. The number of carbonyl (C=O) groups excluding carboxylic acids is 1. The Balaban J connectivity index is 1.72. The molecule has 1 aromatic heterocycles. The molecule has 10 heteroatoms. The van der Waals surface area contributed by atoms with Crippen molar-refractivity contribution in [1.29, 1.82) is 0 Å². The lowest BCUT2D eigenvalue weighted by Gasteiger charge is -2.11. The Morgan fingerprint density at radius 1 is 1.10 bits per heavy atom. The number of nitro benzene ring substituents is 1. The van der Waals surface area contributed by atoms with Crippen LogP contribution in [0.25, 0.3) is 11.8 Å². The molecule has 0 unspecified atom stereocenters. The van der Waals surface area contributed by atoms with Gasteiger partial charge in [-0.05, 0) is 42.5 Å². The minimum atomic E-state index is -4.55. The third-order valence-electron chi connectivity index (χ3n) is 3.86. The van der Waals surface area contributed by atoms with Gasteiger partial charge in [0.15, 0.2) is 0 Å². The zero-order chi connectivity index (χ0) is 21.0. The van der Waals surface area contributed by atoms with Gasteiger partial charge in [-0.3, -0.25) is 14.9 Å². The molecule has 0 bridgehead atoms. The zero-order valence-electron chi connectivity index (χ0n) is 14.6. The van der Waals surface area contributed by atoms with Crippen LogP contribution in [0.3, 0.4) is 0 Å². The molecule has 3 aromatic rings. The molecule has 29 heavy (non-hydrogen) atoms. The molecular formula is C19H13F3N4O3. The summed E-state index contributed by atoms with van der Waals surface area (Å²) in [6.07, 6.45) is -1.06. The van der Waals surface area contributed by atoms with Gasteiger partial charge in [0, 0.05) is 17.8 Å². The maximum Gasteiger partial charge on any atom is 0.433 e. The number of aromatic nitrogens is 2. The monoisotopic (exact) mass is 402 g/mol. The van der Waals surface area contributed by atoms with E-state index in [1.54, 1.807) is 6.07 Å². The summed E-state index contributed by atoms with van der Waals surface area (Å²) in [7, 11) is 0. The summed E-state index contributed by atoms with van der Waals surface area (Å²) in [5.74, 6) is -0.550. The fourth-order valence-corrected chi connectivity index (χ4v) is 2.55. The van der Waals surface area contributed by atoms with E-state index in [-0.39, 0.29) is 16.9 Å². The van der Waals surface area contributed by atoms with E-state index in [1.807, 2.05) is 0 Å². The molecule has 1 amide bonds. The Morgan fingerprint density at radius 2 is 1.79 bits per heavy atom. The summed E-state index contributed by atoms with van der Waals surface area (Å²) in [4.78, 5) is 22.4. The fraction of sp³-hybridized carbons (Fsp3) is 0.0526. The predicted molar refractivity (Wildman–Crippen MR) is 99.3 cm³/mol. The maximum absolute atomic E-state index is 13.0. The first-order valence-electron chi connectivity index (χ1n) is 8.20. The number of alkyl halides is 3. The van der Waals surface area contributed by atoms with Crippen LogP contribution in [0.15, 0.2) is 66.9 Å². The first-order valence-corrected chi connectivity index (χ1v) is 8.20. The SMILES string of the molecule is O=C(/C=C/c1ccccc1[N+](=O)[O-])Nc1ccc(-n2nccc2C(F)(F)F)cc1. The Labute approximate surface area is 162 Å². The summed E-state index contributed by atoms with van der Waals surface area (Å²) in [5.41, 5.74) is -0.272. The van der Waals surface area contributed by atoms with Crippen LogP contribution in [-0.2, 0) is 11.0 Å². The largest absolute Gasteiger partial charge is 0.433 e. The number of nitrogens with one attached hydrogen (secondary N) is 1. The number of para-hydroxylation sites is 1. The molecule has 0 aliphatic heterocycles. The second kappa shape index (κ2) is 7.97. The molecule has 0 spiro atoms. The van der Waals surface area contributed by atoms with Gasteiger partial charge in [0.05, 0.1) is 22.4 Å². The molecule has 1 N–H and O–H groups in total. The van der Waals surface area contributed by atoms with Crippen molar-refractivity contribution in [2.45, 2.75) is 6.18 Å². The molecule has 1 heterocycles. The van der Waals surface area contributed by atoms with E-state index < -0.39 is 22.7 Å². The Kier molecular flexibility index (Phi) is 5.44. The molecule has 0 saturated heterocycles. The van der Waals surface area contributed by atoms with Gasteiger partial charge < -0.3 is 5.32 Å². The average Bonchev–Trinajstić information content (AvgIpc) is 3.17. The van der Waals surface area contributed by atoms with Gasteiger partial charge in [-0.25, -0.2) is 4.68 Å². The fourth-order valence-electron chi connectivity index (χ4n) is 2.55. The van der Waals surface area contributed by atoms with Gasteiger partial charge in [0.1, 0.15) is 5.69 Å². The maximum atomic E-state index is 13.0. The van der Waals surface area contributed by atoms with Crippen molar-refractivity contribution in [2.24, 2.45) is 0 Å². The van der Waals surface area contributed by atoms with Gasteiger partial charge in [0.2, 0.25) is 5.91 Å². The normalized spacial score (nSPS) is 11.6. The van der Waals surface area contributed by atoms with Gasteiger partial charge >= 0.3 is 6.18 Å². The second-order valence-corrected chi connectivity index (χ2v) is 5.81. The van der Waals surface area contributed by atoms with E-state index in [0.29, 0.717) is 5.69 Å². The van der Waals surface area contributed by atoms with E-state index in [0.717, 1.165) is 23.0 Å². The Morgan fingerprint density at radius 3 is 2.45 bits per heavy atom. The minimum absolute atomic E-state index is 0.138. The van der Waals surface area contributed by atoms with E-state index in [1.165, 1.54) is 48.5 Å². The first-order chi connectivity index (χ1) is 13.8. The number of nitro groups is 1. The van der Waals surface area contributed by atoms with Crippen molar-refractivity contribution in [3.63, 3.8) is 0 Å². The van der Waals surface area contributed by atoms with Crippen LogP contribution in [0.1, 0.15) is 11.3 Å². The van der Waals surface area contributed by atoms with Gasteiger partial charge in [-0.1, -0.05) is 12.1 Å². The highest BCUT2D eigenvalue weighted by Crippen LogP contribution is 2.30. The molecule has 3 rings (SSSR count). The summed E-state index contributed by atoms with van der Waals surface area (Å²) >= 11 is 0. The lowest BCUT2D eigenvalue weighted by molar-refractivity contribution is -0.385. The lowest BCUT2D eigenvalue weighted by atomic mass is 10.1. The highest BCUT2D eigenvalue weighted by molar-refractivity contribution is 6.02.